The van der Waals surface area contributed by atoms with Gasteiger partial charge in [-0.2, -0.15) is 0 Å². The SMILES string of the molecule is Nc1ncnc2c1c([N+](=O)[O-])cn2C/C=C(/CO)C(O)CO. The van der Waals surface area contributed by atoms with Crippen LogP contribution in [0.2, 0.25) is 0 Å². The van der Waals surface area contributed by atoms with Crippen LogP contribution in [0, 0.1) is 10.1 Å². The second-order valence-corrected chi connectivity index (χ2v) is 4.52. The smallest absolute Gasteiger partial charge is 0.300 e. The Labute approximate surface area is 124 Å². The van der Waals surface area contributed by atoms with E-state index in [1.54, 1.807) is 0 Å². The molecule has 22 heavy (non-hydrogen) atoms. The Morgan fingerprint density at radius 2 is 2.23 bits per heavy atom. The fraction of sp³-hybridized carbons (Fsp3) is 0.333. The van der Waals surface area contributed by atoms with Crippen molar-refractivity contribution in [3.8, 4) is 0 Å². The van der Waals surface area contributed by atoms with Gasteiger partial charge in [0.25, 0.3) is 5.69 Å². The second-order valence-electron chi connectivity index (χ2n) is 4.52. The first-order chi connectivity index (χ1) is 10.5. The average Bonchev–Trinajstić information content (AvgIpc) is 2.88. The number of anilines is 1. The zero-order valence-electron chi connectivity index (χ0n) is 11.5. The molecule has 0 fully saturated rings. The zero-order chi connectivity index (χ0) is 16.3. The summed E-state index contributed by atoms with van der Waals surface area (Å²) in [6.45, 7) is -0.873. The van der Waals surface area contributed by atoms with Crippen LogP contribution in [0.4, 0.5) is 11.5 Å². The van der Waals surface area contributed by atoms with Crippen LogP contribution in [-0.2, 0) is 6.54 Å². The molecule has 2 aromatic heterocycles. The fourth-order valence-corrected chi connectivity index (χ4v) is 2.04. The summed E-state index contributed by atoms with van der Waals surface area (Å²) in [4.78, 5) is 18.2. The molecule has 2 heterocycles. The number of fused-ring (bicyclic) bond motifs is 1. The van der Waals surface area contributed by atoms with Crippen molar-refractivity contribution in [2.24, 2.45) is 0 Å². The van der Waals surface area contributed by atoms with E-state index in [0.717, 1.165) is 0 Å². The molecule has 2 aromatic rings. The molecule has 0 saturated heterocycles. The molecular weight excluding hydrogens is 294 g/mol. The third-order valence-corrected chi connectivity index (χ3v) is 3.19. The van der Waals surface area contributed by atoms with E-state index in [9.17, 15) is 15.2 Å². The van der Waals surface area contributed by atoms with Crippen LogP contribution in [0.15, 0.2) is 24.2 Å². The topological polar surface area (TPSA) is 161 Å². The largest absolute Gasteiger partial charge is 0.393 e. The minimum atomic E-state index is -1.19. The van der Waals surface area contributed by atoms with Gasteiger partial charge in [-0.05, 0) is 5.57 Å². The number of allylic oxidation sites excluding steroid dienone is 1. The Morgan fingerprint density at radius 3 is 2.82 bits per heavy atom. The molecule has 10 nitrogen and oxygen atoms in total. The predicted octanol–water partition coefficient (Wildman–Crippen LogP) is -0.806. The third kappa shape index (κ3) is 2.88. The van der Waals surface area contributed by atoms with Crippen molar-refractivity contribution in [1.29, 1.82) is 0 Å². The van der Waals surface area contributed by atoms with E-state index in [-0.39, 0.29) is 34.7 Å². The normalized spacial score (nSPS) is 13.5. The number of aliphatic hydroxyl groups is 3. The van der Waals surface area contributed by atoms with Crippen LogP contribution in [-0.4, -0.2) is 54.1 Å². The van der Waals surface area contributed by atoms with Gasteiger partial charge in [-0.15, -0.1) is 0 Å². The number of nitrogens with zero attached hydrogens (tertiary/aromatic N) is 4. The number of nitrogen functional groups attached to an aromatic ring is 1. The van der Waals surface area contributed by atoms with E-state index >= 15 is 0 Å². The maximum absolute atomic E-state index is 11.1. The lowest BCUT2D eigenvalue weighted by molar-refractivity contribution is -0.383. The molecule has 2 rings (SSSR count). The Morgan fingerprint density at radius 1 is 1.50 bits per heavy atom. The van der Waals surface area contributed by atoms with Crippen molar-refractivity contribution in [3.63, 3.8) is 0 Å². The summed E-state index contributed by atoms with van der Waals surface area (Å²) in [6.07, 6.45) is 2.72. The van der Waals surface area contributed by atoms with E-state index in [0.29, 0.717) is 0 Å². The van der Waals surface area contributed by atoms with Gasteiger partial charge in [0.15, 0.2) is 5.65 Å². The molecule has 0 spiro atoms. The number of nitrogens with two attached hydrogens (primary N) is 1. The molecule has 10 heteroatoms. The Kier molecular flexibility index (Phi) is 4.65. The molecule has 0 aromatic carbocycles. The van der Waals surface area contributed by atoms with Crippen LogP contribution < -0.4 is 5.73 Å². The van der Waals surface area contributed by atoms with Crippen molar-refractivity contribution in [3.05, 3.63) is 34.3 Å². The standard InChI is InChI=1S/C12H15N5O5/c13-11-10-8(17(21)22)3-16(12(10)15-6-14-11)2-1-7(4-18)9(20)5-19/h1,3,6,9,18-20H,2,4-5H2,(H2,13,14,15)/b7-1-. The lowest BCUT2D eigenvalue weighted by Gasteiger charge is -2.10. The molecule has 5 N–H and O–H groups in total. The van der Waals surface area contributed by atoms with Crippen LogP contribution in [0.25, 0.3) is 11.0 Å². The molecule has 0 radical (unpaired) electrons. The fourth-order valence-electron chi connectivity index (χ4n) is 2.04. The summed E-state index contributed by atoms with van der Waals surface area (Å²) < 4.78 is 1.45. The highest BCUT2D eigenvalue weighted by Gasteiger charge is 2.21. The van der Waals surface area contributed by atoms with Crippen molar-refractivity contribution >= 4 is 22.5 Å². The Balaban J connectivity index is 2.46. The number of rotatable bonds is 6. The Bertz CT molecular complexity index is 726. The Hall–Kier alpha value is -2.56. The molecule has 0 saturated carbocycles. The van der Waals surface area contributed by atoms with Crippen LogP contribution in [0.5, 0.6) is 0 Å². The number of hydrogen-bond donors (Lipinski definition) is 4. The third-order valence-electron chi connectivity index (χ3n) is 3.19. The molecule has 1 atom stereocenters. The van der Waals surface area contributed by atoms with E-state index in [2.05, 4.69) is 9.97 Å². The summed E-state index contributed by atoms with van der Waals surface area (Å²) in [6, 6.07) is 0. The number of aliphatic hydroxyl groups excluding tert-OH is 3. The molecule has 0 amide bonds. The molecule has 0 bridgehead atoms. The first kappa shape index (κ1) is 15.8. The second kappa shape index (κ2) is 6.47. The van der Waals surface area contributed by atoms with Gasteiger partial charge in [0.2, 0.25) is 0 Å². The quantitative estimate of drug-likeness (QED) is 0.306. The highest BCUT2D eigenvalue weighted by atomic mass is 16.6. The first-order valence-corrected chi connectivity index (χ1v) is 6.32. The highest BCUT2D eigenvalue weighted by Crippen LogP contribution is 2.29. The van der Waals surface area contributed by atoms with E-state index in [1.807, 2.05) is 0 Å². The monoisotopic (exact) mass is 309 g/mol. The summed E-state index contributed by atoms with van der Waals surface area (Å²) in [7, 11) is 0. The van der Waals surface area contributed by atoms with E-state index in [4.69, 9.17) is 15.9 Å². The first-order valence-electron chi connectivity index (χ1n) is 6.32. The van der Waals surface area contributed by atoms with Gasteiger partial charge in [-0.1, -0.05) is 6.08 Å². The van der Waals surface area contributed by atoms with Gasteiger partial charge < -0.3 is 25.6 Å². The lowest BCUT2D eigenvalue weighted by Crippen LogP contribution is -2.18. The summed E-state index contributed by atoms with van der Waals surface area (Å²) in [5, 5.41) is 38.8. The van der Waals surface area contributed by atoms with E-state index < -0.39 is 24.2 Å². The van der Waals surface area contributed by atoms with Crippen LogP contribution >= 0.6 is 0 Å². The van der Waals surface area contributed by atoms with Crippen molar-refractivity contribution in [2.75, 3.05) is 18.9 Å². The van der Waals surface area contributed by atoms with Gasteiger partial charge in [-0.25, -0.2) is 9.97 Å². The summed E-state index contributed by atoms with van der Waals surface area (Å²) in [5.41, 5.74) is 5.91. The lowest BCUT2D eigenvalue weighted by atomic mass is 10.1. The summed E-state index contributed by atoms with van der Waals surface area (Å²) >= 11 is 0. The molecular formula is C12H15N5O5. The van der Waals surface area contributed by atoms with Crippen LogP contribution in [0.3, 0.4) is 0 Å². The maximum atomic E-state index is 11.1. The molecule has 118 valence electrons. The number of hydrogen-bond acceptors (Lipinski definition) is 8. The molecule has 0 aliphatic carbocycles. The van der Waals surface area contributed by atoms with Crippen molar-refractivity contribution in [2.45, 2.75) is 12.6 Å². The average molecular weight is 309 g/mol. The van der Waals surface area contributed by atoms with Crippen molar-refractivity contribution < 1.29 is 20.2 Å². The predicted molar refractivity (Wildman–Crippen MR) is 76.9 cm³/mol. The van der Waals surface area contributed by atoms with E-state index in [1.165, 1.54) is 23.2 Å². The van der Waals surface area contributed by atoms with Gasteiger partial charge in [0.05, 0.1) is 24.3 Å². The minimum Gasteiger partial charge on any atom is -0.393 e. The zero-order valence-corrected chi connectivity index (χ0v) is 11.5. The number of nitro groups is 1. The van der Waals surface area contributed by atoms with Crippen molar-refractivity contribution in [1.82, 2.24) is 14.5 Å². The molecule has 0 aliphatic heterocycles. The maximum Gasteiger partial charge on any atom is 0.300 e. The van der Waals surface area contributed by atoms with Gasteiger partial charge >= 0.3 is 0 Å². The minimum absolute atomic E-state index is 0.00259. The van der Waals surface area contributed by atoms with Gasteiger partial charge in [0, 0.05) is 6.54 Å². The van der Waals surface area contributed by atoms with Gasteiger partial charge in [-0.3, -0.25) is 10.1 Å². The molecule has 1 unspecified atom stereocenters. The van der Waals surface area contributed by atoms with Crippen LogP contribution in [0.1, 0.15) is 0 Å². The molecule has 0 aliphatic rings. The highest BCUT2D eigenvalue weighted by molar-refractivity contribution is 5.95. The summed E-state index contributed by atoms with van der Waals surface area (Å²) in [5.74, 6) is -0.00259. The van der Waals surface area contributed by atoms with Gasteiger partial charge in [0.1, 0.15) is 23.6 Å². The number of aromatic nitrogens is 3.